The average Bonchev–Trinajstić information content (AvgIpc) is 2.10. The van der Waals surface area contributed by atoms with Crippen LogP contribution in [0.3, 0.4) is 0 Å². The van der Waals surface area contributed by atoms with E-state index in [1.807, 2.05) is 0 Å². The minimum atomic E-state index is -0.558. The molecule has 2 nitrogen and oxygen atoms in total. The van der Waals surface area contributed by atoms with Crippen LogP contribution in [-0.2, 0) is 4.58 Å². The van der Waals surface area contributed by atoms with Crippen LogP contribution in [0.1, 0.15) is 32.6 Å². The lowest BCUT2D eigenvalue weighted by atomic mass is 10.2. The summed E-state index contributed by atoms with van der Waals surface area (Å²) < 4.78 is 4.13. The van der Waals surface area contributed by atoms with Gasteiger partial charge in [-0.1, -0.05) is 44.7 Å². The van der Waals surface area contributed by atoms with E-state index in [4.69, 9.17) is 5.26 Å². The second-order valence-corrected chi connectivity index (χ2v) is 7.10. The second kappa shape index (κ2) is 11.4. The van der Waals surface area contributed by atoms with Crippen LogP contribution in [0.2, 0.25) is 18.1 Å². The van der Waals surface area contributed by atoms with Crippen LogP contribution in [0.25, 0.3) is 0 Å². The van der Waals surface area contributed by atoms with Crippen molar-refractivity contribution >= 4 is 19.3 Å². The summed E-state index contributed by atoms with van der Waals surface area (Å²) in [4.78, 5) is 0. The molecule has 0 unspecified atom stereocenters. The van der Waals surface area contributed by atoms with E-state index in [-0.39, 0.29) is 0 Å². The summed E-state index contributed by atoms with van der Waals surface area (Å²) in [6, 6.07) is 4.14. The van der Waals surface area contributed by atoms with Gasteiger partial charge in [-0.15, -0.1) is 0 Å². The van der Waals surface area contributed by atoms with Gasteiger partial charge in [0.2, 0.25) is 9.76 Å². The summed E-state index contributed by atoms with van der Waals surface area (Å²) in [5, 5.41) is 8.11. The molecule has 0 bridgehead atoms. The van der Waals surface area contributed by atoms with Crippen molar-refractivity contribution in [2.45, 2.75) is 50.7 Å². The molecule has 0 aromatic heterocycles. The predicted molar refractivity (Wildman–Crippen MR) is 59.4 cm³/mol. The molecule has 0 saturated carbocycles. The molecule has 0 spiro atoms. The summed E-state index contributed by atoms with van der Waals surface area (Å²) in [6.07, 6.45) is 5.45. The predicted octanol–water partition coefficient (Wildman–Crippen LogP) is 1.56. The van der Waals surface area contributed by atoms with Gasteiger partial charge in [-0.25, -0.2) is 0 Å². The summed E-state index contributed by atoms with van der Waals surface area (Å²) in [6.45, 7) is 2.30. The fraction of sp³-hybridized carbons (Fsp3) is 1.00. The van der Waals surface area contributed by atoms with E-state index in [9.17, 15) is 0 Å². The lowest BCUT2D eigenvalue weighted by Crippen LogP contribution is -1.92. The zero-order valence-corrected chi connectivity index (χ0v) is 11.0. The van der Waals surface area contributed by atoms with Gasteiger partial charge in [0, 0.05) is 9.52 Å². The van der Waals surface area contributed by atoms with E-state index in [1.54, 1.807) is 0 Å². The molecule has 0 radical (unpaired) electrons. The fourth-order valence-electron chi connectivity index (χ4n) is 1.30. The quantitative estimate of drug-likeness (QED) is 0.268. The van der Waals surface area contributed by atoms with Crippen molar-refractivity contribution in [3.05, 3.63) is 0 Å². The molecule has 4 heteroatoms. The SMILES string of the molecule is CC[SiH2]CCCCCC[SiH2]OO. The van der Waals surface area contributed by atoms with Crippen molar-refractivity contribution in [2.75, 3.05) is 0 Å². The van der Waals surface area contributed by atoms with Crippen molar-refractivity contribution in [3.63, 3.8) is 0 Å². The largest absolute Gasteiger partial charge is 0.297 e. The molecule has 1 N–H and O–H groups in total. The minimum Gasteiger partial charge on any atom is -0.297 e. The van der Waals surface area contributed by atoms with Gasteiger partial charge >= 0.3 is 0 Å². The molecule has 0 saturated heterocycles. The standard InChI is InChI=1S/C8H22O2Si2/c1-2-11-7-5-3-4-6-8-12-10-9/h9H,2-8,11-12H2,1H3. The van der Waals surface area contributed by atoms with Crippen LogP contribution in [-0.4, -0.2) is 24.5 Å². The molecule has 0 atom stereocenters. The number of hydrogen-bond acceptors (Lipinski definition) is 2. The smallest absolute Gasteiger partial charge is 0.208 e. The Morgan fingerprint density at radius 1 is 1.08 bits per heavy atom. The Labute approximate surface area is 80.4 Å². The highest BCUT2D eigenvalue weighted by Gasteiger charge is 1.91. The van der Waals surface area contributed by atoms with E-state index in [1.165, 1.54) is 37.8 Å². The van der Waals surface area contributed by atoms with Crippen molar-refractivity contribution in [3.8, 4) is 0 Å². The zero-order chi connectivity index (χ0) is 9.07. The Morgan fingerprint density at radius 3 is 2.33 bits per heavy atom. The van der Waals surface area contributed by atoms with Crippen molar-refractivity contribution < 1.29 is 9.83 Å². The second-order valence-electron chi connectivity index (χ2n) is 3.31. The van der Waals surface area contributed by atoms with Crippen molar-refractivity contribution in [2.24, 2.45) is 0 Å². The number of unbranched alkanes of at least 4 members (excludes halogenated alkanes) is 3. The molecule has 0 aliphatic carbocycles. The highest BCUT2D eigenvalue weighted by molar-refractivity contribution is 6.35. The molecule has 12 heavy (non-hydrogen) atoms. The van der Waals surface area contributed by atoms with Gasteiger partial charge < -0.3 is 0 Å². The lowest BCUT2D eigenvalue weighted by molar-refractivity contribution is -0.138. The molecular weight excluding hydrogens is 184 g/mol. The molecule has 0 aromatic rings. The molecular formula is C8H22O2Si2. The van der Waals surface area contributed by atoms with Crippen LogP contribution < -0.4 is 0 Å². The van der Waals surface area contributed by atoms with Gasteiger partial charge in [-0.2, -0.15) is 0 Å². The lowest BCUT2D eigenvalue weighted by Gasteiger charge is -1.99. The third-order valence-electron chi connectivity index (χ3n) is 2.09. The first-order valence-electron chi connectivity index (χ1n) is 5.18. The van der Waals surface area contributed by atoms with Gasteiger partial charge in [-0.05, 0) is 6.04 Å². The maximum Gasteiger partial charge on any atom is 0.208 e. The zero-order valence-electron chi connectivity index (χ0n) is 8.22. The third kappa shape index (κ3) is 10.4. The van der Waals surface area contributed by atoms with Crippen molar-refractivity contribution in [1.82, 2.24) is 0 Å². The highest BCUT2D eigenvalue weighted by Crippen LogP contribution is 2.05. The maximum absolute atomic E-state index is 8.11. The van der Waals surface area contributed by atoms with Gasteiger partial charge in [0.25, 0.3) is 0 Å². The number of rotatable bonds is 9. The number of hydrogen-bond donors (Lipinski definition) is 1. The van der Waals surface area contributed by atoms with Gasteiger partial charge in [-0.3, -0.25) is 9.83 Å². The van der Waals surface area contributed by atoms with Crippen LogP contribution in [0.15, 0.2) is 0 Å². The van der Waals surface area contributed by atoms with Gasteiger partial charge in [0.15, 0.2) is 0 Å². The molecule has 0 fully saturated rings. The van der Waals surface area contributed by atoms with E-state index in [0.29, 0.717) is 9.52 Å². The first-order chi connectivity index (χ1) is 5.91. The van der Waals surface area contributed by atoms with E-state index >= 15 is 0 Å². The summed E-state index contributed by atoms with van der Waals surface area (Å²) in [5.74, 6) is 0. The first-order valence-corrected chi connectivity index (χ1v) is 8.76. The Kier molecular flexibility index (Phi) is 11.7. The molecule has 0 rings (SSSR count). The normalized spacial score (nSPS) is 12.5. The average molecular weight is 206 g/mol. The first kappa shape index (κ1) is 12.4. The molecule has 0 aromatic carbocycles. The molecule has 0 amide bonds. The summed E-state index contributed by atoms with van der Waals surface area (Å²) >= 11 is 0. The van der Waals surface area contributed by atoms with Gasteiger partial charge in [0.05, 0.1) is 0 Å². The van der Waals surface area contributed by atoms with E-state index in [0.717, 1.165) is 6.04 Å². The summed E-state index contributed by atoms with van der Waals surface area (Å²) in [7, 11) is -0.236. The Hall–Kier alpha value is 0.354. The molecule has 0 aliphatic heterocycles. The Balaban J connectivity index is 2.73. The fourth-order valence-corrected chi connectivity index (χ4v) is 3.19. The van der Waals surface area contributed by atoms with E-state index in [2.05, 4.69) is 11.5 Å². The van der Waals surface area contributed by atoms with Crippen LogP contribution >= 0.6 is 0 Å². The molecule has 0 aliphatic rings. The molecule has 0 heterocycles. The Morgan fingerprint density at radius 2 is 1.75 bits per heavy atom. The third-order valence-corrected chi connectivity index (χ3v) is 4.77. The van der Waals surface area contributed by atoms with Crippen LogP contribution in [0, 0.1) is 0 Å². The monoisotopic (exact) mass is 206 g/mol. The minimum absolute atomic E-state index is 0.322. The Bertz CT molecular complexity index is 71.5. The maximum atomic E-state index is 8.11. The van der Waals surface area contributed by atoms with Crippen LogP contribution in [0.5, 0.6) is 0 Å². The summed E-state index contributed by atoms with van der Waals surface area (Å²) in [5.41, 5.74) is 0. The molecule has 74 valence electrons. The van der Waals surface area contributed by atoms with Gasteiger partial charge in [0.1, 0.15) is 0 Å². The van der Waals surface area contributed by atoms with E-state index < -0.39 is 9.76 Å². The topological polar surface area (TPSA) is 29.5 Å². The highest BCUT2D eigenvalue weighted by atomic mass is 28.2. The van der Waals surface area contributed by atoms with Crippen molar-refractivity contribution in [1.29, 1.82) is 0 Å². The van der Waals surface area contributed by atoms with Crippen LogP contribution in [0.4, 0.5) is 0 Å².